The largest absolute Gasteiger partial charge is 0.390 e. The van der Waals surface area contributed by atoms with Gasteiger partial charge in [-0.2, -0.15) is 10.5 Å². The lowest BCUT2D eigenvalue weighted by molar-refractivity contribution is -0.0000464. The van der Waals surface area contributed by atoms with Crippen molar-refractivity contribution >= 4 is 22.4 Å². The summed E-state index contributed by atoms with van der Waals surface area (Å²) in [4.78, 5) is 33.9. The molecule has 0 unspecified atom stereocenters. The Morgan fingerprint density at radius 1 is 1.18 bits per heavy atom. The molecule has 10 nitrogen and oxygen atoms in total. The maximum Gasteiger partial charge on any atom is 0.270 e. The van der Waals surface area contributed by atoms with Gasteiger partial charge in [0.1, 0.15) is 40.8 Å². The molecule has 0 spiro atoms. The Bertz CT molecular complexity index is 1530. The zero-order valence-corrected chi connectivity index (χ0v) is 22.7. The second-order valence-corrected chi connectivity index (χ2v) is 10.7. The van der Waals surface area contributed by atoms with Gasteiger partial charge in [-0.1, -0.05) is 5.16 Å². The number of nitrogens with zero attached hydrogens (tertiary/aromatic N) is 8. The molecule has 1 saturated carbocycles. The van der Waals surface area contributed by atoms with Crippen LogP contribution < -0.4 is 10.5 Å². The summed E-state index contributed by atoms with van der Waals surface area (Å²) >= 11 is 0. The van der Waals surface area contributed by atoms with Crippen molar-refractivity contribution in [1.29, 1.82) is 10.5 Å². The van der Waals surface area contributed by atoms with Crippen LogP contribution in [0.15, 0.2) is 34.6 Å². The summed E-state index contributed by atoms with van der Waals surface area (Å²) in [6, 6.07) is 7.51. The highest BCUT2D eigenvalue weighted by atomic mass is 16.6. The number of hydrogen-bond donors (Lipinski definition) is 0. The molecule has 4 rings (SSSR count). The molecule has 38 heavy (non-hydrogen) atoms. The SMILES string of the molecule is Cc1ncncc1/C(=N/OC(C)(C)C)[C@H]1CC[C@H](N(C)c2c(C#N)c(=O)n(C)c3ccc(C#N)nc23)CC1. The Labute approximate surface area is 222 Å². The van der Waals surface area contributed by atoms with Crippen molar-refractivity contribution in [3.05, 3.63) is 57.5 Å². The average molecular weight is 513 g/mol. The molecule has 0 radical (unpaired) electrons. The van der Waals surface area contributed by atoms with Crippen molar-refractivity contribution < 1.29 is 4.84 Å². The maximum atomic E-state index is 13.0. The minimum Gasteiger partial charge on any atom is -0.390 e. The number of fused-ring (bicyclic) bond motifs is 1. The topological polar surface area (TPSA) is 133 Å². The number of anilines is 1. The number of pyridine rings is 2. The summed E-state index contributed by atoms with van der Waals surface area (Å²) in [5, 5.41) is 23.9. The van der Waals surface area contributed by atoms with Gasteiger partial charge in [-0.3, -0.25) is 4.79 Å². The molecule has 196 valence electrons. The van der Waals surface area contributed by atoms with Crippen LogP contribution >= 0.6 is 0 Å². The average Bonchev–Trinajstić information content (AvgIpc) is 2.90. The maximum absolute atomic E-state index is 13.0. The molecular formula is C28H32N8O2. The Kier molecular flexibility index (Phi) is 7.45. The van der Waals surface area contributed by atoms with Crippen molar-refractivity contribution in [2.75, 3.05) is 11.9 Å². The molecule has 0 bridgehead atoms. The number of nitriles is 2. The summed E-state index contributed by atoms with van der Waals surface area (Å²) in [7, 11) is 3.51. The molecule has 1 aliphatic rings. The predicted molar refractivity (Wildman–Crippen MR) is 145 cm³/mol. The molecule has 3 aromatic heterocycles. The van der Waals surface area contributed by atoms with Gasteiger partial charge in [0.2, 0.25) is 0 Å². The van der Waals surface area contributed by atoms with Gasteiger partial charge in [-0.15, -0.1) is 0 Å². The van der Waals surface area contributed by atoms with E-state index in [1.165, 1.54) is 10.9 Å². The highest BCUT2D eigenvalue weighted by Crippen LogP contribution is 2.35. The third-order valence-corrected chi connectivity index (χ3v) is 7.03. The van der Waals surface area contributed by atoms with E-state index in [-0.39, 0.29) is 28.8 Å². The normalized spacial score (nSPS) is 18.1. The fraction of sp³-hybridized carbons (Fsp3) is 0.464. The predicted octanol–water partition coefficient (Wildman–Crippen LogP) is 3.99. The van der Waals surface area contributed by atoms with E-state index in [2.05, 4.69) is 32.2 Å². The minimum atomic E-state index is -0.435. The first-order valence-corrected chi connectivity index (χ1v) is 12.7. The molecule has 0 N–H and O–H groups in total. The second kappa shape index (κ2) is 10.6. The van der Waals surface area contributed by atoms with Crippen LogP contribution in [0.3, 0.4) is 0 Å². The van der Waals surface area contributed by atoms with E-state index < -0.39 is 5.60 Å². The number of oxime groups is 1. The van der Waals surface area contributed by atoms with Crippen molar-refractivity contribution in [3.8, 4) is 12.1 Å². The standard InChI is InChI=1S/C28H32N8O2/c1-17-22(15-31-16-32-17)24(34-38-28(2,3)4)18-7-10-20(11-8-18)35(5)26-21(14-30)27(37)36(6)23-12-9-19(13-29)33-25(23)26/h9,12,15-16,18,20H,7-8,10-11H2,1-6H3/b34-24+/t18-,20-. The van der Waals surface area contributed by atoms with Gasteiger partial charge in [0, 0.05) is 43.5 Å². The molecule has 1 fully saturated rings. The first-order valence-electron chi connectivity index (χ1n) is 12.7. The van der Waals surface area contributed by atoms with Gasteiger partial charge in [0.25, 0.3) is 5.56 Å². The van der Waals surface area contributed by atoms with Crippen molar-refractivity contribution in [1.82, 2.24) is 19.5 Å². The molecule has 3 heterocycles. The monoisotopic (exact) mass is 512 g/mol. The van der Waals surface area contributed by atoms with E-state index in [9.17, 15) is 15.3 Å². The van der Waals surface area contributed by atoms with Gasteiger partial charge in [0.05, 0.1) is 16.9 Å². The van der Waals surface area contributed by atoms with Crippen LogP contribution in [-0.2, 0) is 11.9 Å². The summed E-state index contributed by atoms with van der Waals surface area (Å²) < 4.78 is 1.42. The Morgan fingerprint density at radius 3 is 2.50 bits per heavy atom. The second-order valence-electron chi connectivity index (χ2n) is 10.7. The summed E-state index contributed by atoms with van der Waals surface area (Å²) in [5.41, 5.74) is 3.56. The van der Waals surface area contributed by atoms with Gasteiger partial charge >= 0.3 is 0 Å². The van der Waals surface area contributed by atoms with Gasteiger partial charge in [-0.25, -0.2) is 15.0 Å². The molecule has 0 amide bonds. The van der Waals surface area contributed by atoms with E-state index in [4.69, 9.17) is 4.84 Å². The molecule has 3 aromatic rings. The Hall–Kier alpha value is -4.31. The van der Waals surface area contributed by atoms with Crippen LogP contribution in [0.1, 0.15) is 69.0 Å². The van der Waals surface area contributed by atoms with Gasteiger partial charge in [-0.05, 0) is 65.5 Å². The fourth-order valence-corrected chi connectivity index (χ4v) is 4.99. The van der Waals surface area contributed by atoms with E-state index in [0.717, 1.165) is 42.7 Å². The van der Waals surface area contributed by atoms with E-state index in [1.807, 2.05) is 39.6 Å². The number of rotatable bonds is 5. The number of aryl methyl sites for hydroxylation is 2. The lowest BCUT2D eigenvalue weighted by Gasteiger charge is -2.37. The third kappa shape index (κ3) is 5.21. The van der Waals surface area contributed by atoms with Crippen LogP contribution in [0, 0.1) is 35.5 Å². The third-order valence-electron chi connectivity index (χ3n) is 7.03. The zero-order valence-electron chi connectivity index (χ0n) is 22.7. The van der Waals surface area contributed by atoms with Crippen molar-refractivity contribution in [3.63, 3.8) is 0 Å². The first-order chi connectivity index (χ1) is 18.1. The zero-order chi connectivity index (χ0) is 27.6. The van der Waals surface area contributed by atoms with Crippen LogP contribution in [0.5, 0.6) is 0 Å². The van der Waals surface area contributed by atoms with Crippen LogP contribution in [0.2, 0.25) is 0 Å². The highest BCUT2D eigenvalue weighted by Gasteiger charge is 2.32. The molecule has 0 saturated heterocycles. The number of aromatic nitrogens is 4. The first kappa shape index (κ1) is 26.7. The lowest BCUT2D eigenvalue weighted by atomic mass is 9.80. The number of hydrogen-bond acceptors (Lipinski definition) is 9. The smallest absolute Gasteiger partial charge is 0.270 e. The van der Waals surface area contributed by atoms with Crippen LogP contribution in [-0.4, -0.2) is 43.9 Å². The molecule has 0 aliphatic heterocycles. The van der Waals surface area contributed by atoms with Crippen LogP contribution in [0.4, 0.5) is 5.69 Å². The molecular weight excluding hydrogens is 480 g/mol. The van der Waals surface area contributed by atoms with E-state index >= 15 is 0 Å². The molecule has 0 aromatic carbocycles. The summed E-state index contributed by atoms with van der Waals surface area (Å²) in [6.07, 6.45) is 6.59. The van der Waals surface area contributed by atoms with E-state index in [0.29, 0.717) is 16.7 Å². The highest BCUT2D eigenvalue weighted by molar-refractivity contribution is 6.02. The van der Waals surface area contributed by atoms with Gasteiger partial charge < -0.3 is 14.3 Å². The molecule has 0 atom stereocenters. The fourth-order valence-electron chi connectivity index (χ4n) is 4.99. The van der Waals surface area contributed by atoms with Crippen molar-refractivity contribution in [2.24, 2.45) is 18.1 Å². The van der Waals surface area contributed by atoms with Gasteiger partial charge in [0.15, 0.2) is 0 Å². The van der Waals surface area contributed by atoms with Crippen LogP contribution in [0.25, 0.3) is 11.0 Å². The van der Waals surface area contributed by atoms with E-state index in [1.54, 1.807) is 25.4 Å². The Morgan fingerprint density at radius 2 is 1.89 bits per heavy atom. The summed E-state index contributed by atoms with van der Waals surface area (Å²) in [6.45, 7) is 7.82. The Balaban J connectivity index is 1.67. The lowest BCUT2D eigenvalue weighted by Crippen LogP contribution is -2.39. The molecule has 10 heteroatoms. The molecule has 1 aliphatic carbocycles. The minimum absolute atomic E-state index is 0.0325. The van der Waals surface area contributed by atoms with Crippen molar-refractivity contribution in [2.45, 2.75) is 65.0 Å². The quantitative estimate of drug-likeness (QED) is 0.370. The summed E-state index contributed by atoms with van der Waals surface area (Å²) in [5.74, 6) is 0.144.